The molecule has 1 aromatic carbocycles. The van der Waals surface area contributed by atoms with Crippen molar-refractivity contribution in [1.29, 1.82) is 0 Å². The first-order valence-corrected chi connectivity index (χ1v) is 7.09. The predicted octanol–water partition coefficient (Wildman–Crippen LogP) is 2.43. The van der Waals surface area contributed by atoms with Gasteiger partial charge in [-0.2, -0.15) is 0 Å². The van der Waals surface area contributed by atoms with Crippen molar-refractivity contribution in [2.24, 2.45) is 0 Å². The summed E-state index contributed by atoms with van der Waals surface area (Å²) in [5, 5.41) is 6.97. The molecule has 2 N–H and O–H groups in total. The SMILES string of the molecule is O=C(NCC1CCCN1)c1ccc(Cl)c(I)c1. The van der Waals surface area contributed by atoms with Crippen molar-refractivity contribution in [1.82, 2.24) is 10.6 Å². The summed E-state index contributed by atoms with van der Waals surface area (Å²) in [6.07, 6.45) is 2.33. The second-order valence-corrected chi connectivity index (χ2v) is 5.70. The van der Waals surface area contributed by atoms with Gasteiger partial charge in [-0.1, -0.05) is 11.6 Å². The van der Waals surface area contributed by atoms with E-state index >= 15 is 0 Å². The van der Waals surface area contributed by atoms with Crippen LogP contribution in [0.3, 0.4) is 0 Å². The van der Waals surface area contributed by atoms with Crippen molar-refractivity contribution in [3.63, 3.8) is 0 Å². The zero-order chi connectivity index (χ0) is 12.3. The highest BCUT2D eigenvalue weighted by molar-refractivity contribution is 14.1. The molecule has 0 radical (unpaired) electrons. The number of carbonyl (C=O) groups is 1. The molecule has 0 bridgehead atoms. The minimum Gasteiger partial charge on any atom is -0.350 e. The Balaban J connectivity index is 1.92. The molecule has 0 aromatic heterocycles. The van der Waals surface area contributed by atoms with Gasteiger partial charge in [-0.05, 0) is 60.2 Å². The maximum atomic E-state index is 11.9. The Morgan fingerprint density at radius 3 is 3.06 bits per heavy atom. The Labute approximate surface area is 119 Å². The molecule has 1 heterocycles. The van der Waals surface area contributed by atoms with Gasteiger partial charge in [-0.25, -0.2) is 0 Å². The first-order valence-electron chi connectivity index (χ1n) is 5.63. The highest BCUT2D eigenvalue weighted by atomic mass is 127. The molecule has 2 rings (SSSR count). The number of carbonyl (C=O) groups excluding carboxylic acids is 1. The highest BCUT2D eigenvalue weighted by Gasteiger charge is 2.15. The number of rotatable bonds is 3. The number of benzene rings is 1. The van der Waals surface area contributed by atoms with Gasteiger partial charge in [0, 0.05) is 21.7 Å². The molecular weight excluding hydrogens is 351 g/mol. The lowest BCUT2D eigenvalue weighted by Gasteiger charge is -2.11. The third kappa shape index (κ3) is 3.56. The molecule has 1 saturated heterocycles. The highest BCUT2D eigenvalue weighted by Crippen LogP contribution is 2.19. The smallest absolute Gasteiger partial charge is 0.251 e. The summed E-state index contributed by atoms with van der Waals surface area (Å²) in [7, 11) is 0. The minimum atomic E-state index is -0.0340. The van der Waals surface area contributed by atoms with Crippen LogP contribution < -0.4 is 10.6 Å². The van der Waals surface area contributed by atoms with E-state index in [1.807, 2.05) is 0 Å². The first kappa shape index (κ1) is 13.1. The molecule has 1 amide bonds. The summed E-state index contributed by atoms with van der Waals surface area (Å²) in [6, 6.07) is 5.74. The van der Waals surface area contributed by atoms with Gasteiger partial charge in [0.25, 0.3) is 5.91 Å². The maximum absolute atomic E-state index is 11.9. The normalized spacial score (nSPS) is 19.3. The lowest BCUT2D eigenvalue weighted by molar-refractivity contribution is 0.0950. The van der Waals surface area contributed by atoms with E-state index in [1.54, 1.807) is 18.2 Å². The van der Waals surface area contributed by atoms with Crippen LogP contribution in [-0.2, 0) is 0 Å². The van der Waals surface area contributed by atoms with E-state index in [4.69, 9.17) is 11.6 Å². The number of hydrogen-bond donors (Lipinski definition) is 2. The zero-order valence-corrected chi connectivity index (χ0v) is 12.2. The van der Waals surface area contributed by atoms with Crippen LogP contribution in [-0.4, -0.2) is 25.0 Å². The van der Waals surface area contributed by atoms with Gasteiger partial charge in [0.15, 0.2) is 0 Å². The Morgan fingerprint density at radius 1 is 1.59 bits per heavy atom. The van der Waals surface area contributed by atoms with Gasteiger partial charge >= 0.3 is 0 Å². The molecule has 1 aliphatic rings. The van der Waals surface area contributed by atoms with Gasteiger partial charge in [-0.15, -0.1) is 0 Å². The van der Waals surface area contributed by atoms with Crippen LogP contribution in [0, 0.1) is 3.57 Å². The zero-order valence-electron chi connectivity index (χ0n) is 9.30. The minimum absolute atomic E-state index is 0.0340. The van der Waals surface area contributed by atoms with E-state index in [-0.39, 0.29) is 5.91 Å². The van der Waals surface area contributed by atoms with E-state index in [1.165, 1.54) is 6.42 Å². The summed E-state index contributed by atoms with van der Waals surface area (Å²) in [5.74, 6) is -0.0340. The summed E-state index contributed by atoms with van der Waals surface area (Å²) < 4.78 is 0.899. The second-order valence-electron chi connectivity index (χ2n) is 4.13. The molecule has 0 saturated carbocycles. The Morgan fingerprint density at radius 2 is 2.41 bits per heavy atom. The van der Waals surface area contributed by atoms with Gasteiger partial charge in [0.2, 0.25) is 0 Å². The average Bonchev–Trinajstić information content (AvgIpc) is 2.82. The third-order valence-electron chi connectivity index (χ3n) is 2.85. The Kier molecular flexibility index (Phi) is 4.64. The number of halogens is 2. The van der Waals surface area contributed by atoms with Crippen LogP contribution >= 0.6 is 34.2 Å². The molecule has 1 unspecified atom stereocenters. The van der Waals surface area contributed by atoms with Crippen LogP contribution in [0.2, 0.25) is 5.02 Å². The van der Waals surface area contributed by atoms with Crippen molar-refractivity contribution in [2.75, 3.05) is 13.1 Å². The summed E-state index contributed by atoms with van der Waals surface area (Å²) in [6.45, 7) is 1.75. The predicted molar refractivity (Wildman–Crippen MR) is 77.5 cm³/mol. The van der Waals surface area contributed by atoms with E-state index in [2.05, 4.69) is 33.2 Å². The topological polar surface area (TPSA) is 41.1 Å². The first-order chi connectivity index (χ1) is 8.16. The molecule has 1 aliphatic heterocycles. The van der Waals surface area contributed by atoms with Gasteiger partial charge in [-0.3, -0.25) is 4.79 Å². The van der Waals surface area contributed by atoms with E-state index in [0.29, 0.717) is 23.2 Å². The largest absolute Gasteiger partial charge is 0.350 e. The van der Waals surface area contributed by atoms with Crippen LogP contribution in [0.15, 0.2) is 18.2 Å². The monoisotopic (exact) mass is 364 g/mol. The molecule has 0 aliphatic carbocycles. The molecule has 5 heteroatoms. The standard InChI is InChI=1S/C12H14ClIN2O/c13-10-4-3-8(6-11(10)14)12(17)16-7-9-2-1-5-15-9/h3-4,6,9,15H,1-2,5,7H2,(H,16,17). The van der Waals surface area contributed by atoms with E-state index in [0.717, 1.165) is 16.5 Å². The molecular formula is C12H14ClIN2O. The molecule has 1 atom stereocenters. The average molecular weight is 365 g/mol. The lowest BCUT2D eigenvalue weighted by atomic mass is 10.2. The van der Waals surface area contributed by atoms with Crippen LogP contribution in [0.25, 0.3) is 0 Å². The third-order valence-corrected chi connectivity index (χ3v) is 4.39. The van der Waals surface area contributed by atoms with Crippen LogP contribution in [0.5, 0.6) is 0 Å². The van der Waals surface area contributed by atoms with Crippen molar-refractivity contribution in [2.45, 2.75) is 18.9 Å². The van der Waals surface area contributed by atoms with Crippen molar-refractivity contribution < 1.29 is 4.79 Å². The quantitative estimate of drug-likeness (QED) is 0.809. The van der Waals surface area contributed by atoms with E-state index in [9.17, 15) is 4.79 Å². The molecule has 0 spiro atoms. The number of amides is 1. The molecule has 1 fully saturated rings. The number of nitrogens with one attached hydrogen (secondary N) is 2. The molecule has 1 aromatic rings. The molecule has 92 valence electrons. The van der Waals surface area contributed by atoms with Crippen LogP contribution in [0.4, 0.5) is 0 Å². The van der Waals surface area contributed by atoms with E-state index < -0.39 is 0 Å². The van der Waals surface area contributed by atoms with Crippen molar-refractivity contribution in [3.05, 3.63) is 32.4 Å². The van der Waals surface area contributed by atoms with Gasteiger partial charge in [0.05, 0.1) is 5.02 Å². The lowest BCUT2D eigenvalue weighted by Crippen LogP contribution is -2.37. The van der Waals surface area contributed by atoms with Crippen LogP contribution in [0.1, 0.15) is 23.2 Å². The Hall–Kier alpha value is -0.330. The second kappa shape index (κ2) is 6.02. The van der Waals surface area contributed by atoms with Gasteiger partial charge < -0.3 is 10.6 Å². The molecule has 3 nitrogen and oxygen atoms in total. The molecule has 17 heavy (non-hydrogen) atoms. The fraction of sp³-hybridized carbons (Fsp3) is 0.417. The van der Waals surface area contributed by atoms with Crippen molar-refractivity contribution >= 4 is 40.1 Å². The van der Waals surface area contributed by atoms with Crippen molar-refractivity contribution in [3.8, 4) is 0 Å². The van der Waals surface area contributed by atoms with Gasteiger partial charge in [0.1, 0.15) is 0 Å². The summed E-state index contributed by atoms with van der Waals surface area (Å²) in [5.41, 5.74) is 0.664. The summed E-state index contributed by atoms with van der Waals surface area (Å²) in [4.78, 5) is 11.9. The summed E-state index contributed by atoms with van der Waals surface area (Å²) >= 11 is 8.04. The fourth-order valence-corrected chi connectivity index (χ4v) is 2.52. The fourth-order valence-electron chi connectivity index (χ4n) is 1.89. The number of hydrogen-bond acceptors (Lipinski definition) is 2. The maximum Gasteiger partial charge on any atom is 0.251 e. The Bertz CT molecular complexity index is 419.